The summed E-state index contributed by atoms with van der Waals surface area (Å²) in [5.74, 6) is 0.609. The average Bonchev–Trinajstić information content (AvgIpc) is 2.78. The van der Waals surface area contributed by atoms with Crippen molar-refractivity contribution in [2.45, 2.75) is 13.0 Å². The lowest BCUT2D eigenvalue weighted by atomic mass is 10.2. The molecule has 3 rings (SSSR count). The smallest absolute Gasteiger partial charge is 0.196 e. The van der Waals surface area contributed by atoms with Crippen molar-refractivity contribution in [3.05, 3.63) is 30.6 Å². The molecule has 2 heterocycles. The number of furan rings is 1. The molecule has 2 aromatic heterocycles. The summed E-state index contributed by atoms with van der Waals surface area (Å²) in [4.78, 5) is 8.42. The first kappa shape index (κ1) is 11.0. The standard InChI is InChI=1S/C13H13N3O2/c1-8(6-17)16-13-12-11(14-7-15-13)9-4-2-3-5-10(9)18-12/h2-5,7-8,17H,6H2,1H3,(H,14,15,16)/t8-/m1/s1. The molecule has 0 saturated carbocycles. The number of aliphatic hydroxyl groups excluding tert-OH is 1. The molecule has 92 valence electrons. The van der Waals surface area contributed by atoms with Crippen molar-refractivity contribution in [2.75, 3.05) is 11.9 Å². The molecule has 0 aliphatic carbocycles. The minimum absolute atomic E-state index is 0.0335. The summed E-state index contributed by atoms with van der Waals surface area (Å²) >= 11 is 0. The van der Waals surface area contributed by atoms with Gasteiger partial charge in [0, 0.05) is 11.4 Å². The van der Waals surface area contributed by atoms with Crippen molar-refractivity contribution < 1.29 is 9.52 Å². The Balaban J connectivity index is 2.21. The second kappa shape index (κ2) is 4.27. The van der Waals surface area contributed by atoms with E-state index in [0.29, 0.717) is 11.4 Å². The molecule has 0 amide bonds. The molecule has 5 heteroatoms. The summed E-state index contributed by atoms with van der Waals surface area (Å²) in [5.41, 5.74) is 2.19. The van der Waals surface area contributed by atoms with Crippen LogP contribution >= 0.6 is 0 Å². The van der Waals surface area contributed by atoms with Crippen LogP contribution in [0.1, 0.15) is 6.92 Å². The highest BCUT2D eigenvalue weighted by Crippen LogP contribution is 2.30. The van der Waals surface area contributed by atoms with Gasteiger partial charge in [0.1, 0.15) is 17.4 Å². The van der Waals surface area contributed by atoms with E-state index in [1.807, 2.05) is 31.2 Å². The van der Waals surface area contributed by atoms with Gasteiger partial charge < -0.3 is 14.8 Å². The van der Waals surface area contributed by atoms with Crippen LogP contribution in [0.15, 0.2) is 35.0 Å². The van der Waals surface area contributed by atoms with Crippen LogP contribution in [0.2, 0.25) is 0 Å². The molecule has 0 bridgehead atoms. The summed E-state index contributed by atoms with van der Waals surface area (Å²) < 4.78 is 5.76. The van der Waals surface area contributed by atoms with Crippen molar-refractivity contribution >= 4 is 27.9 Å². The highest BCUT2D eigenvalue weighted by Gasteiger charge is 2.13. The van der Waals surface area contributed by atoms with Gasteiger partial charge in [0.05, 0.1) is 6.61 Å². The van der Waals surface area contributed by atoms with Gasteiger partial charge in [-0.05, 0) is 19.1 Å². The van der Waals surface area contributed by atoms with Crippen molar-refractivity contribution in [2.24, 2.45) is 0 Å². The Kier molecular flexibility index (Phi) is 2.60. The zero-order valence-corrected chi connectivity index (χ0v) is 9.92. The third-order valence-electron chi connectivity index (χ3n) is 2.82. The van der Waals surface area contributed by atoms with E-state index in [1.54, 1.807) is 0 Å². The number of aliphatic hydroxyl groups is 1. The monoisotopic (exact) mass is 243 g/mol. The van der Waals surface area contributed by atoms with E-state index in [0.717, 1.165) is 16.5 Å². The molecule has 2 N–H and O–H groups in total. The van der Waals surface area contributed by atoms with Gasteiger partial charge in [-0.2, -0.15) is 0 Å². The molecule has 0 radical (unpaired) electrons. The number of rotatable bonds is 3. The van der Waals surface area contributed by atoms with Gasteiger partial charge in [0.25, 0.3) is 0 Å². The predicted molar refractivity (Wildman–Crippen MR) is 69.5 cm³/mol. The summed E-state index contributed by atoms with van der Waals surface area (Å²) in [6, 6.07) is 7.64. The molecular formula is C13H13N3O2. The van der Waals surface area contributed by atoms with Gasteiger partial charge in [-0.25, -0.2) is 9.97 Å². The first-order chi connectivity index (χ1) is 8.79. The Morgan fingerprint density at radius 1 is 1.33 bits per heavy atom. The quantitative estimate of drug-likeness (QED) is 0.737. The Labute approximate surface area is 103 Å². The number of nitrogens with zero attached hydrogens (tertiary/aromatic N) is 2. The first-order valence-corrected chi connectivity index (χ1v) is 5.79. The number of nitrogens with one attached hydrogen (secondary N) is 1. The van der Waals surface area contributed by atoms with Crippen LogP contribution in [0.5, 0.6) is 0 Å². The molecule has 0 spiro atoms. The van der Waals surface area contributed by atoms with Crippen LogP contribution in [0.4, 0.5) is 5.82 Å². The molecular weight excluding hydrogens is 230 g/mol. The van der Waals surface area contributed by atoms with Crippen LogP contribution < -0.4 is 5.32 Å². The maximum absolute atomic E-state index is 9.07. The van der Waals surface area contributed by atoms with Crippen LogP contribution in [0, 0.1) is 0 Å². The lowest BCUT2D eigenvalue weighted by Crippen LogP contribution is -2.20. The predicted octanol–water partition coefficient (Wildman–Crippen LogP) is 2.17. The van der Waals surface area contributed by atoms with E-state index >= 15 is 0 Å². The topological polar surface area (TPSA) is 71.2 Å². The molecule has 0 saturated heterocycles. The van der Waals surface area contributed by atoms with Crippen LogP contribution in [-0.2, 0) is 0 Å². The summed E-state index contributed by atoms with van der Waals surface area (Å²) in [6.07, 6.45) is 1.50. The summed E-state index contributed by atoms with van der Waals surface area (Å²) in [5, 5.41) is 13.1. The first-order valence-electron chi connectivity index (χ1n) is 5.79. The van der Waals surface area contributed by atoms with E-state index in [9.17, 15) is 0 Å². The normalized spacial score (nSPS) is 13.0. The fourth-order valence-electron chi connectivity index (χ4n) is 1.91. The zero-order chi connectivity index (χ0) is 12.5. The Morgan fingerprint density at radius 2 is 2.17 bits per heavy atom. The summed E-state index contributed by atoms with van der Waals surface area (Å²) in [6.45, 7) is 1.91. The molecule has 0 aliphatic heterocycles. The number of para-hydroxylation sites is 1. The molecule has 5 nitrogen and oxygen atoms in total. The van der Waals surface area contributed by atoms with E-state index in [4.69, 9.17) is 9.52 Å². The van der Waals surface area contributed by atoms with E-state index in [1.165, 1.54) is 6.33 Å². The second-order valence-electron chi connectivity index (χ2n) is 4.23. The Morgan fingerprint density at radius 3 is 3.00 bits per heavy atom. The Bertz CT molecular complexity index is 693. The molecule has 0 aliphatic rings. The van der Waals surface area contributed by atoms with Crippen LogP contribution in [0.25, 0.3) is 22.1 Å². The highest BCUT2D eigenvalue weighted by atomic mass is 16.3. The highest BCUT2D eigenvalue weighted by molar-refractivity contribution is 6.05. The van der Waals surface area contributed by atoms with E-state index in [2.05, 4.69) is 15.3 Å². The van der Waals surface area contributed by atoms with Crippen LogP contribution in [-0.4, -0.2) is 27.7 Å². The largest absolute Gasteiger partial charge is 0.450 e. The number of hydrogen-bond donors (Lipinski definition) is 2. The van der Waals surface area contributed by atoms with Gasteiger partial charge in [-0.3, -0.25) is 0 Å². The molecule has 1 atom stereocenters. The maximum atomic E-state index is 9.07. The minimum Gasteiger partial charge on any atom is -0.450 e. The van der Waals surface area contributed by atoms with Crippen molar-refractivity contribution in [1.29, 1.82) is 0 Å². The second-order valence-corrected chi connectivity index (χ2v) is 4.23. The average molecular weight is 243 g/mol. The zero-order valence-electron chi connectivity index (χ0n) is 9.92. The van der Waals surface area contributed by atoms with Crippen LogP contribution in [0.3, 0.4) is 0 Å². The molecule has 0 fully saturated rings. The van der Waals surface area contributed by atoms with Gasteiger partial charge in [0.15, 0.2) is 11.4 Å². The number of fused-ring (bicyclic) bond motifs is 3. The van der Waals surface area contributed by atoms with Gasteiger partial charge in [0.2, 0.25) is 0 Å². The van der Waals surface area contributed by atoms with Crippen molar-refractivity contribution in [1.82, 2.24) is 9.97 Å². The lowest BCUT2D eigenvalue weighted by molar-refractivity contribution is 0.281. The van der Waals surface area contributed by atoms with Gasteiger partial charge >= 0.3 is 0 Å². The van der Waals surface area contributed by atoms with E-state index in [-0.39, 0.29) is 12.6 Å². The van der Waals surface area contributed by atoms with Gasteiger partial charge in [-0.15, -0.1) is 0 Å². The molecule has 1 aromatic carbocycles. The van der Waals surface area contributed by atoms with E-state index < -0.39 is 0 Å². The van der Waals surface area contributed by atoms with Gasteiger partial charge in [-0.1, -0.05) is 12.1 Å². The molecule has 0 unspecified atom stereocenters. The maximum Gasteiger partial charge on any atom is 0.196 e. The van der Waals surface area contributed by atoms with Crippen molar-refractivity contribution in [3.8, 4) is 0 Å². The fraction of sp³-hybridized carbons (Fsp3) is 0.231. The number of anilines is 1. The third-order valence-corrected chi connectivity index (χ3v) is 2.82. The minimum atomic E-state index is -0.0867. The number of hydrogen-bond acceptors (Lipinski definition) is 5. The lowest BCUT2D eigenvalue weighted by Gasteiger charge is -2.10. The number of aromatic nitrogens is 2. The Hall–Kier alpha value is -2.14. The SMILES string of the molecule is C[C@H](CO)Nc1ncnc2c1oc1ccccc12. The fourth-order valence-corrected chi connectivity index (χ4v) is 1.91. The third kappa shape index (κ3) is 1.69. The molecule has 3 aromatic rings. The van der Waals surface area contributed by atoms with Crippen molar-refractivity contribution in [3.63, 3.8) is 0 Å². The number of benzene rings is 1. The summed E-state index contributed by atoms with van der Waals surface area (Å²) in [7, 11) is 0. The molecule has 18 heavy (non-hydrogen) atoms.